The minimum absolute atomic E-state index is 0.334. The second kappa shape index (κ2) is 5.05. The van der Waals surface area contributed by atoms with Crippen molar-refractivity contribution in [2.45, 2.75) is 32.8 Å². The maximum Gasteiger partial charge on any atom is 0.419 e. The number of aromatic nitrogens is 1. The summed E-state index contributed by atoms with van der Waals surface area (Å²) in [6.45, 7) is 6.41. The summed E-state index contributed by atoms with van der Waals surface area (Å²) in [5.74, 6) is 0. The molecule has 4 heteroatoms. The van der Waals surface area contributed by atoms with Gasteiger partial charge >= 0.3 is 6.09 Å². The summed E-state index contributed by atoms with van der Waals surface area (Å²) in [5, 5.41) is 1.09. The number of fused-ring (bicyclic) bond motifs is 1. The summed E-state index contributed by atoms with van der Waals surface area (Å²) in [6, 6.07) is 7.87. The Bertz CT molecular complexity index is 594. The highest BCUT2D eigenvalue weighted by Gasteiger charge is 2.20. The van der Waals surface area contributed by atoms with Gasteiger partial charge in [-0.05, 0) is 32.4 Å². The van der Waals surface area contributed by atoms with E-state index in [-0.39, 0.29) is 6.09 Å². The lowest BCUT2D eigenvalue weighted by atomic mass is 10.1. The summed E-state index contributed by atoms with van der Waals surface area (Å²) in [6.07, 6.45) is 2.39. The van der Waals surface area contributed by atoms with Crippen molar-refractivity contribution in [1.29, 1.82) is 0 Å². The SMILES string of the molecule is CC(C)(C)OC(=O)n1cc(CC[NH3+])c2ccccc21. The van der Waals surface area contributed by atoms with Gasteiger partial charge in [0, 0.05) is 18.0 Å². The summed E-state index contributed by atoms with van der Waals surface area (Å²) in [7, 11) is 0. The lowest BCUT2D eigenvalue weighted by Crippen LogP contribution is -2.51. The third-order valence-corrected chi connectivity index (χ3v) is 2.83. The van der Waals surface area contributed by atoms with Crippen LogP contribution >= 0.6 is 0 Å². The van der Waals surface area contributed by atoms with Crippen LogP contribution in [0.1, 0.15) is 26.3 Å². The molecule has 0 atom stereocenters. The lowest BCUT2D eigenvalue weighted by molar-refractivity contribution is -0.366. The number of hydrogen-bond donors (Lipinski definition) is 1. The van der Waals surface area contributed by atoms with E-state index in [1.165, 1.54) is 0 Å². The molecule has 4 nitrogen and oxygen atoms in total. The second-order valence-corrected chi connectivity index (χ2v) is 5.63. The Morgan fingerprint density at radius 1 is 1.32 bits per heavy atom. The number of quaternary nitrogens is 1. The van der Waals surface area contributed by atoms with E-state index in [4.69, 9.17) is 4.74 Å². The Hall–Kier alpha value is -1.81. The molecule has 0 unspecified atom stereocenters. The van der Waals surface area contributed by atoms with Crippen LogP contribution < -0.4 is 5.73 Å². The normalized spacial score (nSPS) is 11.8. The quantitative estimate of drug-likeness (QED) is 0.901. The van der Waals surface area contributed by atoms with Crippen LogP contribution in [0.2, 0.25) is 0 Å². The van der Waals surface area contributed by atoms with Crippen molar-refractivity contribution < 1.29 is 15.3 Å². The Morgan fingerprint density at radius 3 is 2.63 bits per heavy atom. The molecule has 102 valence electrons. The largest absolute Gasteiger partial charge is 0.443 e. The van der Waals surface area contributed by atoms with Crippen molar-refractivity contribution >= 4 is 17.0 Å². The van der Waals surface area contributed by atoms with Crippen LogP contribution in [-0.4, -0.2) is 22.8 Å². The van der Waals surface area contributed by atoms with E-state index in [9.17, 15) is 4.79 Å². The number of para-hydroxylation sites is 1. The highest BCUT2D eigenvalue weighted by atomic mass is 16.6. The van der Waals surface area contributed by atoms with Crippen molar-refractivity contribution in [3.63, 3.8) is 0 Å². The fraction of sp³-hybridized carbons (Fsp3) is 0.400. The molecular weight excluding hydrogens is 240 g/mol. The lowest BCUT2D eigenvalue weighted by Gasteiger charge is -2.19. The van der Waals surface area contributed by atoms with Crippen LogP contribution in [0.25, 0.3) is 10.9 Å². The number of carbonyl (C=O) groups is 1. The molecule has 0 fully saturated rings. The van der Waals surface area contributed by atoms with E-state index in [1.807, 2.05) is 51.2 Å². The second-order valence-electron chi connectivity index (χ2n) is 5.63. The fourth-order valence-corrected chi connectivity index (χ4v) is 2.10. The molecule has 0 aliphatic heterocycles. The third-order valence-electron chi connectivity index (χ3n) is 2.83. The number of carbonyl (C=O) groups excluding carboxylic acids is 1. The molecule has 0 saturated heterocycles. The average Bonchev–Trinajstić information content (AvgIpc) is 2.67. The van der Waals surface area contributed by atoms with Crippen LogP contribution in [-0.2, 0) is 11.2 Å². The van der Waals surface area contributed by atoms with Crippen LogP contribution in [0, 0.1) is 0 Å². The first kappa shape index (κ1) is 13.6. The van der Waals surface area contributed by atoms with Gasteiger partial charge in [0.05, 0.1) is 12.1 Å². The van der Waals surface area contributed by atoms with Gasteiger partial charge in [-0.2, -0.15) is 0 Å². The van der Waals surface area contributed by atoms with Crippen LogP contribution in [0.3, 0.4) is 0 Å². The molecule has 0 bridgehead atoms. The average molecular weight is 261 g/mol. The smallest absolute Gasteiger partial charge is 0.419 e. The maximum absolute atomic E-state index is 12.2. The number of ether oxygens (including phenoxy) is 1. The van der Waals surface area contributed by atoms with E-state index in [2.05, 4.69) is 5.73 Å². The molecule has 0 amide bonds. The summed E-state index contributed by atoms with van der Waals surface area (Å²) in [5.41, 5.74) is 5.41. The molecule has 2 rings (SSSR count). The van der Waals surface area contributed by atoms with Gasteiger partial charge in [-0.25, -0.2) is 4.79 Å². The van der Waals surface area contributed by atoms with E-state index >= 15 is 0 Å². The van der Waals surface area contributed by atoms with Gasteiger partial charge in [-0.1, -0.05) is 18.2 Å². The van der Waals surface area contributed by atoms with Gasteiger partial charge in [0.15, 0.2) is 0 Å². The van der Waals surface area contributed by atoms with Gasteiger partial charge in [-0.15, -0.1) is 0 Å². The number of benzene rings is 1. The third kappa shape index (κ3) is 2.96. The number of rotatable bonds is 2. The maximum atomic E-state index is 12.2. The van der Waals surface area contributed by atoms with Gasteiger partial charge in [0.1, 0.15) is 5.60 Å². The van der Waals surface area contributed by atoms with Crippen molar-refractivity contribution in [3.8, 4) is 0 Å². The zero-order chi connectivity index (χ0) is 14.0. The van der Waals surface area contributed by atoms with E-state index in [1.54, 1.807) is 4.57 Å². The summed E-state index contributed by atoms with van der Waals surface area (Å²) >= 11 is 0. The Kier molecular flexibility index (Phi) is 3.62. The predicted molar refractivity (Wildman–Crippen MR) is 75.0 cm³/mol. The summed E-state index contributed by atoms with van der Waals surface area (Å²) in [4.78, 5) is 12.2. The molecule has 0 saturated carbocycles. The number of nitrogens with zero attached hydrogens (tertiary/aromatic N) is 1. The molecule has 0 spiro atoms. The zero-order valence-corrected chi connectivity index (χ0v) is 11.8. The highest BCUT2D eigenvalue weighted by Crippen LogP contribution is 2.22. The molecule has 0 aliphatic carbocycles. The standard InChI is InChI=1S/C15H20N2O2/c1-15(2,3)19-14(18)17-10-11(8-9-16)12-6-4-5-7-13(12)17/h4-7,10H,8-9,16H2,1-3H3/p+1. The van der Waals surface area contributed by atoms with Gasteiger partial charge in [0.2, 0.25) is 0 Å². The minimum atomic E-state index is -0.491. The minimum Gasteiger partial charge on any atom is -0.443 e. The van der Waals surface area contributed by atoms with Crippen molar-refractivity contribution in [3.05, 3.63) is 36.0 Å². The molecule has 1 aromatic carbocycles. The van der Waals surface area contributed by atoms with E-state index in [0.717, 1.165) is 29.4 Å². The highest BCUT2D eigenvalue weighted by molar-refractivity contribution is 5.92. The first-order valence-electron chi connectivity index (χ1n) is 6.54. The van der Waals surface area contributed by atoms with E-state index in [0.29, 0.717) is 0 Å². The molecule has 2 aromatic rings. The Balaban J connectivity index is 2.46. The van der Waals surface area contributed by atoms with E-state index < -0.39 is 5.60 Å². The van der Waals surface area contributed by atoms with Crippen LogP contribution in [0.5, 0.6) is 0 Å². The zero-order valence-electron chi connectivity index (χ0n) is 11.8. The topological polar surface area (TPSA) is 58.9 Å². The Labute approximate surface area is 113 Å². The molecule has 1 heterocycles. The fourth-order valence-electron chi connectivity index (χ4n) is 2.10. The first-order valence-corrected chi connectivity index (χ1v) is 6.54. The van der Waals surface area contributed by atoms with Gasteiger partial charge < -0.3 is 10.5 Å². The molecule has 1 aromatic heterocycles. The van der Waals surface area contributed by atoms with Gasteiger partial charge in [0.25, 0.3) is 0 Å². The predicted octanol–water partition coefficient (Wildman–Crippen LogP) is 2.21. The molecular formula is C15H21N2O2+. The van der Waals surface area contributed by atoms with Crippen molar-refractivity contribution in [1.82, 2.24) is 4.57 Å². The van der Waals surface area contributed by atoms with Gasteiger partial charge in [-0.3, -0.25) is 4.57 Å². The Morgan fingerprint density at radius 2 is 2.00 bits per heavy atom. The summed E-state index contributed by atoms with van der Waals surface area (Å²) < 4.78 is 7.02. The molecule has 0 radical (unpaired) electrons. The van der Waals surface area contributed by atoms with Crippen molar-refractivity contribution in [2.75, 3.05) is 6.54 Å². The van der Waals surface area contributed by atoms with Crippen LogP contribution in [0.15, 0.2) is 30.5 Å². The molecule has 19 heavy (non-hydrogen) atoms. The first-order chi connectivity index (χ1) is 8.92. The monoisotopic (exact) mass is 261 g/mol. The van der Waals surface area contributed by atoms with Crippen LogP contribution in [0.4, 0.5) is 4.79 Å². The number of hydrogen-bond acceptors (Lipinski definition) is 2. The molecule has 0 aliphatic rings. The molecule has 3 N–H and O–H groups in total. The van der Waals surface area contributed by atoms with Crippen molar-refractivity contribution in [2.24, 2.45) is 0 Å².